The molecule has 2 rings (SSSR count). The first kappa shape index (κ1) is 7.73. The molecule has 1 aliphatic rings. The fraction of sp³-hybridized carbons (Fsp3) is 0. The first-order chi connectivity index (χ1) is 6.34. The van der Waals surface area contributed by atoms with Gasteiger partial charge in [-0.05, 0) is 5.56 Å². The summed E-state index contributed by atoms with van der Waals surface area (Å²) >= 11 is 0. The molecule has 1 aromatic rings. The molecule has 0 radical (unpaired) electrons. The van der Waals surface area contributed by atoms with Gasteiger partial charge < -0.3 is 4.74 Å². The van der Waals surface area contributed by atoms with Gasteiger partial charge in [-0.3, -0.25) is 0 Å². The van der Waals surface area contributed by atoms with Crippen LogP contribution in [0, 0.1) is 0 Å². The van der Waals surface area contributed by atoms with E-state index in [1.165, 1.54) is 0 Å². The maximum atomic E-state index is 10.6. The van der Waals surface area contributed by atoms with Gasteiger partial charge in [-0.2, -0.15) is 0 Å². The first-order valence-electron chi connectivity index (χ1n) is 3.87. The Morgan fingerprint density at radius 1 is 1.23 bits per heavy atom. The summed E-state index contributed by atoms with van der Waals surface area (Å²) in [7, 11) is 0. The number of hydrogen-bond acceptors (Lipinski definition) is 3. The Kier molecular flexibility index (Phi) is 1.92. The minimum Gasteiger partial charge on any atom is -0.403 e. The number of ether oxygens (including phenoxy) is 1. The standard InChI is InChI=1S/C10H7NO2/c12-10-7-11-9(13-10)6-8-4-2-1-3-5-8/h1-7H. The Bertz CT molecular complexity index is 379. The highest BCUT2D eigenvalue weighted by atomic mass is 16.6. The second-order valence-corrected chi connectivity index (χ2v) is 2.57. The highest BCUT2D eigenvalue weighted by molar-refractivity contribution is 6.25. The third kappa shape index (κ3) is 1.82. The van der Waals surface area contributed by atoms with Crippen molar-refractivity contribution in [2.24, 2.45) is 4.99 Å². The molecule has 0 unspecified atom stereocenters. The van der Waals surface area contributed by atoms with Gasteiger partial charge in [-0.15, -0.1) is 0 Å². The van der Waals surface area contributed by atoms with Crippen molar-refractivity contribution < 1.29 is 9.53 Å². The highest BCUT2D eigenvalue weighted by Gasteiger charge is 2.10. The quantitative estimate of drug-likeness (QED) is 0.605. The Balaban J connectivity index is 2.23. The van der Waals surface area contributed by atoms with E-state index in [0.29, 0.717) is 5.88 Å². The normalized spacial score (nSPS) is 17.8. The average molecular weight is 173 g/mol. The van der Waals surface area contributed by atoms with Crippen LogP contribution in [-0.2, 0) is 9.53 Å². The molecule has 0 saturated heterocycles. The lowest BCUT2D eigenvalue weighted by molar-refractivity contribution is -0.129. The monoisotopic (exact) mass is 173 g/mol. The minimum absolute atomic E-state index is 0.344. The first-order valence-corrected chi connectivity index (χ1v) is 3.87. The van der Waals surface area contributed by atoms with E-state index < -0.39 is 5.97 Å². The average Bonchev–Trinajstić information content (AvgIpc) is 2.53. The molecule has 0 bridgehead atoms. The second-order valence-electron chi connectivity index (χ2n) is 2.57. The Morgan fingerprint density at radius 3 is 2.62 bits per heavy atom. The molecule has 1 heterocycles. The SMILES string of the molecule is O=C1C=NC(=Cc2ccccc2)O1. The van der Waals surface area contributed by atoms with E-state index in [4.69, 9.17) is 4.74 Å². The summed E-state index contributed by atoms with van der Waals surface area (Å²) in [6.45, 7) is 0. The molecule has 0 N–H and O–H groups in total. The van der Waals surface area contributed by atoms with Crippen molar-refractivity contribution >= 4 is 18.3 Å². The Morgan fingerprint density at radius 2 is 2.00 bits per heavy atom. The van der Waals surface area contributed by atoms with Crippen molar-refractivity contribution in [3.8, 4) is 0 Å². The van der Waals surface area contributed by atoms with Crippen LogP contribution in [0.25, 0.3) is 6.08 Å². The number of esters is 1. The smallest absolute Gasteiger partial charge is 0.356 e. The molecular weight excluding hydrogens is 166 g/mol. The van der Waals surface area contributed by atoms with Crippen LogP contribution in [0.1, 0.15) is 5.56 Å². The molecule has 0 amide bonds. The van der Waals surface area contributed by atoms with Gasteiger partial charge in [0.25, 0.3) is 0 Å². The van der Waals surface area contributed by atoms with E-state index >= 15 is 0 Å². The van der Waals surface area contributed by atoms with E-state index in [1.54, 1.807) is 6.08 Å². The summed E-state index contributed by atoms with van der Waals surface area (Å²) in [5.41, 5.74) is 0.962. The lowest BCUT2D eigenvalue weighted by Crippen LogP contribution is -1.94. The molecule has 0 aliphatic carbocycles. The van der Waals surface area contributed by atoms with Crippen LogP contribution in [0.3, 0.4) is 0 Å². The van der Waals surface area contributed by atoms with Crippen LogP contribution in [-0.4, -0.2) is 12.2 Å². The molecule has 13 heavy (non-hydrogen) atoms. The summed E-state index contributed by atoms with van der Waals surface area (Å²) in [4.78, 5) is 14.4. The van der Waals surface area contributed by atoms with Gasteiger partial charge in [0.05, 0.1) is 0 Å². The van der Waals surface area contributed by atoms with E-state index in [0.717, 1.165) is 11.8 Å². The number of carbonyl (C=O) groups excluding carboxylic acids is 1. The van der Waals surface area contributed by atoms with Crippen LogP contribution < -0.4 is 0 Å². The Hall–Kier alpha value is -1.90. The zero-order valence-electron chi connectivity index (χ0n) is 6.81. The van der Waals surface area contributed by atoms with E-state index in [2.05, 4.69) is 4.99 Å². The summed E-state index contributed by atoms with van der Waals surface area (Å²) in [5.74, 6) is -0.0709. The molecule has 1 aromatic carbocycles. The third-order valence-corrected chi connectivity index (χ3v) is 1.59. The Labute approximate surface area is 75.4 Å². The van der Waals surface area contributed by atoms with Crippen LogP contribution in [0.5, 0.6) is 0 Å². The largest absolute Gasteiger partial charge is 0.403 e. The molecule has 1 aliphatic heterocycles. The number of nitrogens with zero attached hydrogens (tertiary/aromatic N) is 1. The van der Waals surface area contributed by atoms with Gasteiger partial charge in [0.2, 0.25) is 5.88 Å². The topological polar surface area (TPSA) is 38.7 Å². The van der Waals surface area contributed by atoms with Gasteiger partial charge in [0, 0.05) is 6.08 Å². The van der Waals surface area contributed by atoms with E-state index in [1.807, 2.05) is 30.3 Å². The second kappa shape index (κ2) is 3.23. The summed E-state index contributed by atoms with van der Waals surface area (Å²) < 4.78 is 4.77. The summed E-state index contributed by atoms with van der Waals surface area (Å²) in [5, 5.41) is 0. The minimum atomic E-state index is -0.415. The molecular formula is C10H7NO2. The predicted molar refractivity (Wildman–Crippen MR) is 49.0 cm³/mol. The van der Waals surface area contributed by atoms with Gasteiger partial charge in [-0.1, -0.05) is 30.3 Å². The van der Waals surface area contributed by atoms with Crippen LogP contribution >= 0.6 is 0 Å². The van der Waals surface area contributed by atoms with Crippen molar-refractivity contribution in [2.75, 3.05) is 0 Å². The predicted octanol–water partition coefficient (Wildman–Crippen LogP) is 1.61. The maximum Gasteiger partial charge on any atom is 0.356 e. The molecule has 3 heteroatoms. The highest BCUT2D eigenvalue weighted by Crippen LogP contribution is 2.11. The summed E-state index contributed by atoms with van der Waals surface area (Å²) in [6.07, 6.45) is 2.87. The fourth-order valence-corrected chi connectivity index (χ4v) is 1.03. The fourth-order valence-electron chi connectivity index (χ4n) is 1.03. The summed E-state index contributed by atoms with van der Waals surface area (Å²) in [6, 6.07) is 9.56. The van der Waals surface area contributed by atoms with Crippen molar-refractivity contribution in [2.45, 2.75) is 0 Å². The molecule has 0 atom stereocenters. The molecule has 64 valence electrons. The van der Waals surface area contributed by atoms with Gasteiger partial charge in [-0.25, -0.2) is 9.79 Å². The molecule has 0 fully saturated rings. The number of hydrogen-bond donors (Lipinski definition) is 0. The van der Waals surface area contributed by atoms with E-state index in [9.17, 15) is 4.79 Å². The lowest BCUT2D eigenvalue weighted by atomic mass is 10.2. The number of benzene rings is 1. The number of aliphatic imine (C=N–C) groups is 1. The van der Waals surface area contributed by atoms with Crippen molar-refractivity contribution in [1.29, 1.82) is 0 Å². The van der Waals surface area contributed by atoms with Crippen LogP contribution in [0.2, 0.25) is 0 Å². The molecule has 0 aromatic heterocycles. The number of cyclic esters (lactones) is 1. The van der Waals surface area contributed by atoms with Crippen molar-refractivity contribution in [3.05, 3.63) is 41.8 Å². The molecule has 0 saturated carbocycles. The lowest BCUT2D eigenvalue weighted by Gasteiger charge is -1.93. The van der Waals surface area contributed by atoms with Gasteiger partial charge >= 0.3 is 5.97 Å². The van der Waals surface area contributed by atoms with Crippen LogP contribution in [0.15, 0.2) is 41.2 Å². The third-order valence-electron chi connectivity index (χ3n) is 1.59. The maximum absolute atomic E-state index is 10.6. The van der Waals surface area contributed by atoms with Gasteiger partial charge in [0.15, 0.2) is 0 Å². The van der Waals surface area contributed by atoms with Crippen molar-refractivity contribution in [3.63, 3.8) is 0 Å². The van der Waals surface area contributed by atoms with Gasteiger partial charge in [0.1, 0.15) is 6.21 Å². The zero-order valence-corrected chi connectivity index (χ0v) is 6.81. The molecule has 3 nitrogen and oxygen atoms in total. The van der Waals surface area contributed by atoms with E-state index in [-0.39, 0.29) is 0 Å². The number of carbonyl (C=O) groups is 1. The number of rotatable bonds is 1. The molecule has 0 spiro atoms. The van der Waals surface area contributed by atoms with Crippen LogP contribution in [0.4, 0.5) is 0 Å². The van der Waals surface area contributed by atoms with Crippen molar-refractivity contribution in [1.82, 2.24) is 0 Å². The zero-order chi connectivity index (χ0) is 9.10.